The normalized spacial score (nSPS) is 11.8. The van der Waals surface area contributed by atoms with Gasteiger partial charge < -0.3 is 0 Å². The van der Waals surface area contributed by atoms with Gasteiger partial charge in [-0.05, 0) is 50.1 Å². The lowest BCUT2D eigenvalue weighted by atomic mass is 10.2. The van der Waals surface area contributed by atoms with Gasteiger partial charge in [-0.1, -0.05) is 35.4 Å². The first-order chi connectivity index (χ1) is 9.39. The average molecular weight is 307 g/mol. The van der Waals surface area contributed by atoms with Crippen molar-refractivity contribution in [3.8, 4) is 0 Å². The Bertz CT molecular complexity index is 677. The van der Waals surface area contributed by atoms with Crippen LogP contribution in [0.4, 0.5) is 0 Å². The van der Waals surface area contributed by atoms with Crippen molar-refractivity contribution in [2.45, 2.75) is 23.6 Å². The number of benzene rings is 2. The molecule has 0 aliphatic carbocycles. The third kappa shape index (κ3) is 3.42. The SMILES string of the molecule is Cc1ccc(SN(C)S(=O)(=O)c2ccc(C)cc2)cc1. The van der Waals surface area contributed by atoms with E-state index in [0.717, 1.165) is 16.0 Å². The van der Waals surface area contributed by atoms with E-state index < -0.39 is 10.0 Å². The van der Waals surface area contributed by atoms with Crippen molar-refractivity contribution in [3.05, 3.63) is 59.7 Å². The summed E-state index contributed by atoms with van der Waals surface area (Å²) in [4.78, 5) is 1.21. The van der Waals surface area contributed by atoms with E-state index in [4.69, 9.17) is 0 Å². The highest BCUT2D eigenvalue weighted by atomic mass is 32.3. The minimum Gasteiger partial charge on any atom is -0.206 e. The first-order valence-corrected chi connectivity index (χ1v) is 8.41. The second-order valence-electron chi connectivity index (χ2n) is 4.63. The topological polar surface area (TPSA) is 37.4 Å². The Labute approximate surface area is 124 Å². The Morgan fingerprint density at radius 2 is 1.30 bits per heavy atom. The molecule has 0 amide bonds. The summed E-state index contributed by atoms with van der Waals surface area (Å²) in [7, 11) is -1.90. The first-order valence-electron chi connectivity index (χ1n) is 6.20. The van der Waals surface area contributed by atoms with Gasteiger partial charge in [0.15, 0.2) is 0 Å². The number of hydrogen-bond acceptors (Lipinski definition) is 3. The second kappa shape index (κ2) is 5.99. The lowest BCUT2D eigenvalue weighted by molar-refractivity contribution is 0.564. The zero-order chi connectivity index (χ0) is 14.8. The lowest BCUT2D eigenvalue weighted by Crippen LogP contribution is -2.20. The highest BCUT2D eigenvalue weighted by molar-refractivity contribution is 8.08. The summed E-state index contributed by atoms with van der Waals surface area (Å²) in [6.07, 6.45) is 0. The van der Waals surface area contributed by atoms with Crippen molar-refractivity contribution in [1.29, 1.82) is 0 Å². The van der Waals surface area contributed by atoms with E-state index in [1.165, 1.54) is 15.7 Å². The molecule has 0 atom stereocenters. The first kappa shape index (κ1) is 15.1. The van der Waals surface area contributed by atoms with Crippen molar-refractivity contribution in [3.63, 3.8) is 0 Å². The zero-order valence-corrected chi connectivity index (χ0v) is 13.3. The summed E-state index contributed by atoms with van der Waals surface area (Å²) >= 11 is 1.20. The highest BCUT2D eigenvalue weighted by Crippen LogP contribution is 2.27. The number of nitrogens with zero attached hydrogens (tertiary/aromatic N) is 1. The van der Waals surface area contributed by atoms with Crippen LogP contribution < -0.4 is 0 Å². The predicted octanol–water partition coefficient (Wildman–Crippen LogP) is 3.63. The maximum Gasteiger partial charge on any atom is 0.252 e. The molecule has 0 saturated heterocycles. The fourth-order valence-electron chi connectivity index (χ4n) is 1.66. The summed E-state index contributed by atoms with van der Waals surface area (Å²) in [5.41, 5.74) is 2.19. The van der Waals surface area contributed by atoms with E-state index in [1.807, 2.05) is 38.1 Å². The monoisotopic (exact) mass is 307 g/mol. The van der Waals surface area contributed by atoms with Gasteiger partial charge in [0, 0.05) is 11.9 Å². The lowest BCUT2D eigenvalue weighted by Gasteiger charge is -2.16. The molecule has 2 aromatic carbocycles. The highest BCUT2D eigenvalue weighted by Gasteiger charge is 2.21. The van der Waals surface area contributed by atoms with Gasteiger partial charge in [0.2, 0.25) is 0 Å². The van der Waals surface area contributed by atoms with E-state index in [-0.39, 0.29) is 0 Å². The maximum atomic E-state index is 12.4. The van der Waals surface area contributed by atoms with Crippen LogP contribution in [0.1, 0.15) is 11.1 Å². The Kier molecular flexibility index (Phi) is 4.52. The largest absolute Gasteiger partial charge is 0.252 e. The Morgan fingerprint density at radius 1 is 0.850 bits per heavy atom. The third-order valence-corrected chi connectivity index (χ3v) is 6.01. The summed E-state index contributed by atoms with van der Waals surface area (Å²) in [5, 5.41) is 0. The van der Waals surface area contributed by atoms with Crippen LogP contribution in [0, 0.1) is 13.8 Å². The van der Waals surface area contributed by atoms with Gasteiger partial charge in [0.1, 0.15) is 0 Å². The second-order valence-corrected chi connectivity index (χ2v) is 8.03. The fourth-order valence-corrected chi connectivity index (χ4v) is 3.90. The van der Waals surface area contributed by atoms with Crippen molar-refractivity contribution in [1.82, 2.24) is 3.71 Å². The van der Waals surface area contributed by atoms with Crippen LogP contribution in [-0.4, -0.2) is 19.2 Å². The van der Waals surface area contributed by atoms with E-state index in [9.17, 15) is 8.42 Å². The van der Waals surface area contributed by atoms with Crippen LogP contribution in [0.2, 0.25) is 0 Å². The van der Waals surface area contributed by atoms with Crippen LogP contribution in [-0.2, 0) is 10.0 Å². The van der Waals surface area contributed by atoms with Gasteiger partial charge >= 0.3 is 0 Å². The molecule has 3 nitrogen and oxygen atoms in total. The number of rotatable bonds is 4. The molecule has 0 saturated carbocycles. The molecule has 2 aromatic rings. The minimum atomic E-state index is -3.47. The predicted molar refractivity (Wildman–Crippen MR) is 83.2 cm³/mol. The number of sulfonamides is 1. The molecule has 0 aromatic heterocycles. The van der Waals surface area contributed by atoms with Crippen molar-refractivity contribution in [2.75, 3.05) is 7.05 Å². The van der Waals surface area contributed by atoms with E-state index in [2.05, 4.69) is 0 Å². The number of aryl methyl sites for hydroxylation is 2. The molecule has 2 rings (SSSR count). The molecule has 0 aliphatic rings. The average Bonchev–Trinajstić information content (AvgIpc) is 2.42. The van der Waals surface area contributed by atoms with E-state index in [0.29, 0.717) is 4.90 Å². The third-order valence-electron chi connectivity index (χ3n) is 2.91. The van der Waals surface area contributed by atoms with Crippen LogP contribution in [0.15, 0.2) is 58.3 Å². The molecular formula is C15H17NO2S2. The molecule has 20 heavy (non-hydrogen) atoms. The fraction of sp³-hybridized carbons (Fsp3) is 0.200. The molecule has 0 fully saturated rings. The summed E-state index contributed by atoms with van der Waals surface area (Å²) in [5.74, 6) is 0. The van der Waals surface area contributed by atoms with Crippen molar-refractivity contribution < 1.29 is 8.42 Å². The molecule has 5 heteroatoms. The van der Waals surface area contributed by atoms with Gasteiger partial charge in [0.25, 0.3) is 10.0 Å². The summed E-state index contributed by atoms with van der Waals surface area (Å²) < 4.78 is 26.1. The molecule has 0 unspecified atom stereocenters. The maximum absolute atomic E-state index is 12.4. The number of hydrogen-bond donors (Lipinski definition) is 0. The van der Waals surface area contributed by atoms with E-state index >= 15 is 0 Å². The van der Waals surface area contributed by atoms with Crippen molar-refractivity contribution >= 4 is 22.0 Å². The van der Waals surface area contributed by atoms with Gasteiger partial charge in [-0.15, -0.1) is 3.71 Å². The van der Waals surface area contributed by atoms with Crippen LogP contribution >= 0.6 is 11.9 Å². The Balaban J connectivity index is 2.21. The van der Waals surface area contributed by atoms with Gasteiger partial charge in [-0.3, -0.25) is 0 Å². The van der Waals surface area contributed by atoms with Crippen LogP contribution in [0.25, 0.3) is 0 Å². The summed E-state index contributed by atoms with van der Waals surface area (Å²) in [6.45, 7) is 3.93. The van der Waals surface area contributed by atoms with Gasteiger partial charge in [0.05, 0.1) is 4.90 Å². The van der Waals surface area contributed by atoms with Gasteiger partial charge in [-0.25, -0.2) is 8.42 Å². The quantitative estimate of drug-likeness (QED) is 0.809. The summed E-state index contributed by atoms with van der Waals surface area (Å²) in [6, 6.07) is 14.6. The minimum absolute atomic E-state index is 0.310. The molecule has 0 spiro atoms. The zero-order valence-electron chi connectivity index (χ0n) is 11.7. The molecule has 106 valence electrons. The smallest absolute Gasteiger partial charge is 0.206 e. The molecule has 0 aliphatic heterocycles. The Hall–Kier alpha value is -1.30. The molecule has 0 bridgehead atoms. The van der Waals surface area contributed by atoms with E-state index in [1.54, 1.807) is 31.3 Å². The Morgan fingerprint density at radius 3 is 1.80 bits per heavy atom. The molecule has 0 radical (unpaired) electrons. The van der Waals surface area contributed by atoms with Crippen LogP contribution in [0.5, 0.6) is 0 Å². The van der Waals surface area contributed by atoms with Gasteiger partial charge in [-0.2, -0.15) is 0 Å². The molecular weight excluding hydrogens is 290 g/mol. The molecule has 0 N–H and O–H groups in total. The molecule has 0 heterocycles. The standard InChI is InChI=1S/C15H17NO2S2/c1-12-4-8-14(9-5-12)19-16(3)20(17,18)15-10-6-13(2)7-11-15/h4-11H,1-3H3. The van der Waals surface area contributed by atoms with Crippen molar-refractivity contribution in [2.24, 2.45) is 0 Å². The van der Waals surface area contributed by atoms with Crippen LogP contribution in [0.3, 0.4) is 0 Å².